The molecule has 0 aliphatic carbocycles. The zero-order valence-corrected chi connectivity index (χ0v) is 14.3. The smallest absolute Gasteiger partial charge is 0.307 e. The van der Waals surface area contributed by atoms with Gasteiger partial charge in [-0.05, 0) is 31.2 Å². The molecule has 0 spiro atoms. The molecule has 1 aromatic carbocycles. The third-order valence-electron chi connectivity index (χ3n) is 3.86. The Morgan fingerprint density at radius 1 is 1.28 bits per heavy atom. The van der Waals surface area contributed by atoms with Gasteiger partial charge in [-0.25, -0.2) is 0 Å². The zero-order chi connectivity index (χ0) is 18.2. The first-order valence-electron chi connectivity index (χ1n) is 8.12. The van der Waals surface area contributed by atoms with Gasteiger partial charge in [0, 0.05) is 24.3 Å². The molecular weight excluding hydrogens is 326 g/mol. The summed E-state index contributed by atoms with van der Waals surface area (Å²) < 4.78 is 9.96. The molecule has 2 amide bonds. The SMILES string of the molecule is COC(=O)CCNC(=O)c1ccc(NC(=O)[C@H]2NCCO[C@@H]2C)cc1. The fraction of sp³-hybridized carbons (Fsp3) is 0.471. The molecule has 0 aromatic heterocycles. The lowest BCUT2D eigenvalue weighted by molar-refractivity contribution is -0.140. The molecule has 2 rings (SSSR count). The number of hydrogen-bond donors (Lipinski definition) is 3. The summed E-state index contributed by atoms with van der Waals surface area (Å²) in [6, 6.07) is 6.12. The molecule has 25 heavy (non-hydrogen) atoms. The van der Waals surface area contributed by atoms with E-state index in [-0.39, 0.29) is 36.9 Å². The van der Waals surface area contributed by atoms with E-state index in [1.807, 2.05) is 6.92 Å². The average Bonchev–Trinajstić information content (AvgIpc) is 2.62. The minimum absolute atomic E-state index is 0.116. The van der Waals surface area contributed by atoms with Crippen molar-refractivity contribution in [1.82, 2.24) is 10.6 Å². The molecule has 136 valence electrons. The van der Waals surface area contributed by atoms with E-state index in [4.69, 9.17) is 4.74 Å². The lowest BCUT2D eigenvalue weighted by Gasteiger charge is -2.29. The third-order valence-corrected chi connectivity index (χ3v) is 3.86. The monoisotopic (exact) mass is 349 g/mol. The first-order chi connectivity index (χ1) is 12.0. The summed E-state index contributed by atoms with van der Waals surface area (Å²) in [6.45, 7) is 3.27. The molecule has 1 aromatic rings. The number of carbonyl (C=O) groups excluding carboxylic acids is 3. The first kappa shape index (κ1) is 18.9. The van der Waals surface area contributed by atoms with Crippen molar-refractivity contribution in [1.29, 1.82) is 0 Å². The summed E-state index contributed by atoms with van der Waals surface area (Å²) in [5.74, 6) is -0.854. The van der Waals surface area contributed by atoms with Crippen LogP contribution in [0.3, 0.4) is 0 Å². The Bertz CT molecular complexity index is 617. The number of morpholine rings is 1. The number of carbonyl (C=O) groups is 3. The van der Waals surface area contributed by atoms with Crippen LogP contribution in [0.5, 0.6) is 0 Å². The summed E-state index contributed by atoms with van der Waals surface area (Å²) >= 11 is 0. The number of amides is 2. The molecule has 2 atom stereocenters. The summed E-state index contributed by atoms with van der Waals surface area (Å²) in [4.78, 5) is 35.2. The van der Waals surface area contributed by atoms with Crippen LogP contribution in [0.15, 0.2) is 24.3 Å². The quantitative estimate of drug-likeness (QED) is 0.638. The van der Waals surface area contributed by atoms with Crippen LogP contribution in [0, 0.1) is 0 Å². The van der Waals surface area contributed by atoms with Gasteiger partial charge in [-0.2, -0.15) is 0 Å². The number of hydrogen-bond acceptors (Lipinski definition) is 6. The molecule has 0 radical (unpaired) electrons. The third kappa shape index (κ3) is 5.54. The van der Waals surface area contributed by atoms with E-state index < -0.39 is 6.04 Å². The van der Waals surface area contributed by atoms with Gasteiger partial charge in [0.2, 0.25) is 5.91 Å². The summed E-state index contributed by atoms with van der Waals surface area (Å²) in [6.07, 6.45) is -0.0843. The van der Waals surface area contributed by atoms with Crippen molar-refractivity contribution in [3.8, 4) is 0 Å². The van der Waals surface area contributed by atoms with Crippen LogP contribution >= 0.6 is 0 Å². The van der Waals surface area contributed by atoms with E-state index in [0.717, 1.165) is 0 Å². The Kier molecular flexibility index (Phi) is 6.91. The van der Waals surface area contributed by atoms with Gasteiger partial charge in [-0.1, -0.05) is 0 Å². The Hall–Kier alpha value is -2.45. The highest BCUT2D eigenvalue weighted by molar-refractivity contribution is 5.97. The fourth-order valence-corrected chi connectivity index (χ4v) is 2.43. The average molecular weight is 349 g/mol. The fourth-order valence-electron chi connectivity index (χ4n) is 2.43. The molecule has 3 N–H and O–H groups in total. The number of rotatable bonds is 6. The highest BCUT2D eigenvalue weighted by Crippen LogP contribution is 2.12. The van der Waals surface area contributed by atoms with Gasteiger partial charge in [-0.3, -0.25) is 14.4 Å². The van der Waals surface area contributed by atoms with Crippen molar-refractivity contribution in [3.05, 3.63) is 29.8 Å². The number of esters is 1. The molecule has 1 heterocycles. The largest absolute Gasteiger partial charge is 0.469 e. The second-order valence-corrected chi connectivity index (χ2v) is 5.66. The van der Waals surface area contributed by atoms with Gasteiger partial charge in [0.05, 0.1) is 26.2 Å². The van der Waals surface area contributed by atoms with Crippen LogP contribution < -0.4 is 16.0 Å². The van der Waals surface area contributed by atoms with Gasteiger partial charge < -0.3 is 25.4 Å². The molecular formula is C17H23N3O5. The van der Waals surface area contributed by atoms with Crippen LogP contribution in [0.2, 0.25) is 0 Å². The molecule has 0 bridgehead atoms. The molecule has 1 aliphatic rings. The van der Waals surface area contributed by atoms with Crippen LogP contribution in [0.1, 0.15) is 23.7 Å². The van der Waals surface area contributed by atoms with Crippen molar-refractivity contribution in [3.63, 3.8) is 0 Å². The highest BCUT2D eigenvalue weighted by atomic mass is 16.5. The van der Waals surface area contributed by atoms with E-state index in [2.05, 4.69) is 20.7 Å². The summed E-state index contributed by atoms with van der Waals surface area (Å²) in [5.41, 5.74) is 1.03. The lowest BCUT2D eigenvalue weighted by atomic mass is 10.1. The molecule has 0 saturated carbocycles. The maximum absolute atomic E-state index is 12.3. The van der Waals surface area contributed by atoms with E-state index in [1.165, 1.54) is 7.11 Å². The van der Waals surface area contributed by atoms with Crippen LogP contribution in [0.4, 0.5) is 5.69 Å². The second-order valence-electron chi connectivity index (χ2n) is 5.66. The van der Waals surface area contributed by atoms with Crippen molar-refractivity contribution in [2.45, 2.75) is 25.5 Å². The predicted octanol–water partition coefficient (Wildman–Crippen LogP) is 0.295. The van der Waals surface area contributed by atoms with Crippen LogP contribution in [-0.4, -0.2) is 56.7 Å². The zero-order valence-electron chi connectivity index (χ0n) is 14.3. The van der Waals surface area contributed by atoms with Crippen LogP contribution in [-0.2, 0) is 19.1 Å². The predicted molar refractivity (Wildman–Crippen MR) is 91.2 cm³/mol. The summed E-state index contributed by atoms with van der Waals surface area (Å²) in [5, 5.41) is 8.54. The Morgan fingerprint density at radius 2 is 2.00 bits per heavy atom. The molecule has 8 nitrogen and oxygen atoms in total. The van der Waals surface area contributed by atoms with Gasteiger partial charge in [-0.15, -0.1) is 0 Å². The number of benzene rings is 1. The minimum Gasteiger partial charge on any atom is -0.469 e. The van der Waals surface area contributed by atoms with Gasteiger partial charge in [0.1, 0.15) is 6.04 Å². The van der Waals surface area contributed by atoms with E-state index in [1.54, 1.807) is 24.3 Å². The first-order valence-corrected chi connectivity index (χ1v) is 8.12. The van der Waals surface area contributed by atoms with Crippen molar-refractivity contribution < 1.29 is 23.9 Å². The van der Waals surface area contributed by atoms with Gasteiger partial charge in [0.25, 0.3) is 5.91 Å². The molecule has 0 unspecified atom stereocenters. The van der Waals surface area contributed by atoms with E-state index in [0.29, 0.717) is 24.4 Å². The van der Waals surface area contributed by atoms with Gasteiger partial charge in [0.15, 0.2) is 0 Å². The van der Waals surface area contributed by atoms with Crippen molar-refractivity contribution in [2.24, 2.45) is 0 Å². The van der Waals surface area contributed by atoms with Gasteiger partial charge >= 0.3 is 5.97 Å². The van der Waals surface area contributed by atoms with Crippen LogP contribution in [0.25, 0.3) is 0 Å². The Labute approximate surface area is 146 Å². The Balaban J connectivity index is 1.85. The van der Waals surface area contributed by atoms with E-state index >= 15 is 0 Å². The maximum atomic E-state index is 12.3. The minimum atomic E-state index is -0.407. The Morgan fingerprint density at radius 3 is 2.64 bits per heavy atom. The van der Waals surface area contributed by atoms with Crippen molar-refractivity contribution >= 4 is 23.5 Å². The van der Waals surface area contributed by atoms with Crippen molar-refractivity contribution in [2.75, 3.05) is 32.1 Å². The standard InChI is InChI=1S/C17H23N3O5/c1-11-15(18-9-10-25-11)17(23)20-13-5-3-12(4-6-13)16(22)19-8-7-14(21)24-2/h3-6,11,15,18H,7-10H2,1-2H3,(H,19,22)(H,20,23)/t11-,15+/m1/s1. The molecule has 1 aliphatic heterocycles. The normalized spacial score (nSPS) is 19.8. The molecule has 8 heteroatoms. The number of anilines is 1. The number of methoxy groups -OCH3 is 1. The lowest BCUT2D eigenvalue weighted by Crippen LogP contribution is -2.53. The molecule has 1 saturated heterocycles. The topological polar surface area (TPSA) is 106 Å². The second kappa shape index (κ2) is 9.14. The summed E-state index contributed by atoms with van der Waals surface area (Å²) in [7, 11) is 1.30. The number of nitrogens with one attached hydrogen (secondary N) is 3. The van der Waals surface area contributed by atoms with E-state index in [9.17, 15) is 14.4 Å². The number of ether oxygens (including phenoxy) is 2. The highest BCUT2D eigenvalue weighted by Gasteiger charge is 2.28. The molecule has 1 fully saturated rings. The maximum Gasteiger partial charge on any atom is 0.307 e.